The molecular weight excluding hydrogens is 457 g/mol. The molecule has 2 aliphatic carbocycles. The molecule has 0 heterocycles. The van der Waals surface area contributed by atoms with Crippen LogP contribution in [-0.4, -0.2) is 16.5 Å². The van der Waals surface area contributed by atoms with Gasteiger partial charge in [0.2, 0.25) is 5.91 Å². The number of hydrogen-bond donors (Lipinski definition) is 1. The zero-order valence-electron chi connectivity index (χ0n) is 12.9. The van der Waals surface area contributed by atoms with Crippen molar-refractivity contribution in [3.63, 3.8) is 0 Å². The Morgan fingerprint density at radius 2 is 1.82 bits per heavy atom. The van der Waals surface area contributed by atoms with Gasteiger partial charge in [-0.3, -0.25) is 9.59 Å². The van der Waals surface area contributed by atoms with E-state index in [-0.39, 0.29) is 17.1 Å². The topological polar surface area (TPSA) is 46.2 Å². The van der Waals surface area contributed by atoms with Crippen molar-refractivity contribution < 1.29 is 9.59 Å². The van der Waals surface area contributed by atoms with Gasteiger partial charge in [0.15, 0.2) is 5.78 Å². The third-order valence-electron chi connectivity index (χ3n) is 6.23. The van der Waals surface area contributed by atoms with E-state index in [2.05, 4.69) is 57.7 Å². The van der Waals surface area contributed by atoms with Crippen molar-refractivity contribution >= 4 is 55.9 Å². The number of halogens is 2. The van der Waals surface area contributed by atoms with Crippen molar-refractivity contribution in [1.29, 1.82) is 0 Å². The second kappa shape index (κ2) is 5.03. The van der Waals surface area contributed by atoms with Crippen molar-refractivity contribution in [1.82, 2.24) is 0 Å². The normalized spacial score (nSPS) is 35.7. The van der Waals surface area contributed by atoms with Crippen molar-refractivity contribution in [3.05, 3.63) is 27.8 Å². The number of benzene rings is 1. The number of hydrogen-bond acceptors (Lipinski definition) is 2. The van der Waals surface area contributed by atoms with E-state index >= 15 is 0 Å². The van der Waals surface area contributed by atoms with Crippen LogP contribution in [0, 0.1) is 19.8 Å². The molecule has 5 heteroatoms. The summed E-state index contributed by atoms with van der Waals surface area (Å²) in [7, 11) is 0. The van der Waals surface area contributed by atoms with Gasteiger partial charge in [-0.1, -0.05) is 36.7 Å². The Morgan fingerprint density at radius 3 is 2.32 bits per heavy atom. The van der Waals surface area contributed by atoms with E-state index in [0.29, 0.717) is 0 Å². The number of anilines is 1. The highest BCUT2D eigenvalue weighted by Gasteiger charge is 2.76. The molecule has 1 N–H and O–H groups in total. The maximum atomic E-state index is 13.1. The summed E-state index contributed by atoms with van der Waals surface area (Å²) in [6, 6.07) is 7.72. The Hall–Kier alpha value is -0.430. The number of Topliss-reactive ketones (excluding diaryl/α,β-unsaturated/α-hetero) is 1. The first kappa shape index (κ1) is 16.4. The van der Waals surface area contributed by atoms with Crippen LogP contribution < -0.4 is 5.32 Å². The lowest BCUT2D eigenvalue weighted by molar-refractivity contribution is -0.130. The molecular formula is C17H19BrINO2. The summed E-state index contributed by atoms with van der Waals surface area (Å²) in [5.41, 5.74) is -0.687. The first-order valence-electron chi connectivity index (χ1n) is 7.42. The molecule has 1 amide bonds. The molecule has 0 aliphatic heterocycles. The van der Waals surface area contributed by atoms with Gasteiger partial charge in [-0.2, -0.15) is 0 Å². The predicted molar refractivity (Wildman–Crippen MR) is 99.1 cm³/mol. The molecule has 3 nitrogen and oxygen atoms in total. The van der Waals surface area contributed by atoms with Crippen molar-refractivity contribution in [2.75, 3.05) is 5.32 Å². The summed E-state index contributed by atoms with van der Waals surface area (Å²) >= 11 is 5.78. The molecule has 2 aliphatic rings. The fraction of sp³-hybridized carbons (Fsp3) is 0.529. The Morgan fingerprint density at radius 1 is 1.23 bits per heavy atom. The molecule has 2 fully saturated rings. The van der Waals surface area contributed by atoms with Gasteiger partial charge in [-0.05, 0) is 65.1 Å². The van der Waals surface area contributed by atoms with Crippen LogP contribution >= 0.6 is 38.5 Å². The van der Waals surface area contributed by atoms with E-state index < -0.39 is 15.7 Å². The van der Waals surface area contributed by atoms with Crippen LogP contribution in [0.3, 0.4) is 0 Å². The maximum Gasteiger partial charge on any atom is 0.232 e. The zero-order chi connectivity index (χ0) is 16.3. The lowest BCUT2D eigenvalue weighted by atomic mass is 9.64. The van der Waals surface area contributed by atoms with E-state index in [1.54, 1.807) is 0 Å². The Bertz CT molecular complexity index is 657. The predicted octanol–water partition coefficient (Wildman–Crippen LogP) is 4.39. The molecule has 2 saturated carbocycles. The number of rotatable bonds is 2. The summed E-state index contributed by atoms with van der Waals surface area (Å²) in [5, 5.41) is 3.03. The van der Waals surface area contributed by atoms with Crippen molar-refractivity contribution in [2.45, 2.75) is 38.4 Å². The highest BCUT2D eigenvalue weighted by Crippen LogP contribution is 2.72. The van der Waals surface area contributed by atoms with Crippen LogP contribution in [0.25, 0.3) is 0 Å². The number of fused-ring (bicyclic) bond motifs is 2. The third kappa shape index (κ3) is 1.84. The fourth-order valence-corrected chi connectivity index (χ4v) is 6.10. The molecule has 118 valence electrons. The summed E-state index contributed by atoms with van der Waals surface area (Å²) in [4.78, 5) is 25.4. The van der Waals surface area contributed by atoms with E-state index in [0.717, 1.165) is 22.1 Å². The van der Waals surface area contributed by atoms with Gasteiger partial charge < -0.3 is 5.32 Å². The summed E-state index contributed by atoms with van der Waals surface area (Å²) in [5.74, 6) is 0.122. The fourth-order valence-electron chi connectivity index (χ4n) is 4.23. The largest absolute Gasteiger partial charge is 0.326 e. The van der Waals surface area contributed by atoms with Gasteiger partial charge in [0.1, 0.15) is 0 Å². The van der Waals surface area contributed by atoms with Crippen molar-refractivity contribution in [2.24, 2.45) is 16.2 Å². The lowest BCUT2D eigenvalue weighted by Crippen LogP contribution is -2.47. The molecule has 0 aromatic heterocycles. The molecule has 0 saturated heterocycles. The van der Waals surface area contributed by atoms with E-state index in [9.17, 15) is 9.59 Å². The minimum absolute atomic E-state index is 0.0461. The van der Waals surface area contributed by atoms with Crippen LogP contribution in [0.2, 0.25) is 0 Å². The molecule has 3 rings (SSSR count). The van der Waals surface area contributed by atoms with Gasteiger partial charge in [-0.15, -0.1) is 0 Å². The first-order chi connectivity index (χ1) is 10.2. The van der Waals surface area contributed by atoms with Gasteiger partial charge in [-0.25, -0.2) is 0 Å². The standard InChI is InChI=1S/C17H19BrINO2/c1-15(2)16(3)8-9-17(15,12(18)13(16)21)14(22)20-11-6-4-10(19)5-7-11/h4-7,12H,8-9H2,1-3H3,(H,20,22)/t12-,16-,17+/m1/s1. The molecule has 1 aromatic carbocycles. The monoisotopic (exact) mass is 475 g/mol. The van der Waals surface area contributed by atoms with E-state index in [1.807, 2.05) is 31.2 Å². The zero-order valence-corrected chi connectivity index (χ0v) is 16.6. The van der Waals surface area contributed by atoms with Gasteiger partial charge in [0.25, 0.3) is 0 Å². The quantitative estimate of drug-likeness (QED) is 0.509. The smallest absolute Gasteiger partial charge is 0.232 e. The number of ketones is 1. The molecule has 0 unspecified atom stereocenters. The molecule has 0 radical (unpaired) electrons. The molecule has 22 heavy (non-hydrogen) atoms. The van der Waals surface area contributed by atoms with Gasteiger partial charge in [0, 0.05) is 14.7 Å². The van der Waals surface area contributed by atoms with Crippen LogP contribution in [0.4, 0.5) is 5.69 Å². The highest BCUT2D eigenvalue weighted by molar-refractivity contribution is 14.1. The molecule has 0 spiro atoms. The van der Waals surface area contributed by atoms with Gasteiger partial charge >= 0.3 is 0 Å². The lowest BCUT2D eigenvalue weighted by Gasteiger charge is -2.39. The average Bonchev–Trinajstić information content (AvgIpc) is 2.74. The minimum Gasteiger partial charge on any atom is -0.326 e. The van der Waals surface area contributed by atoms with Crippen LogP contribution in [0.15, 0.2) is 24.3 Å². The third-order valence-corrected chi connectivity index (χ3v) is 8.14. The van der Waals surface area contributed by atoms with Crippen LogP contribution in [0.1, 0.15) is 33.6 Å². The number of carbonyl (C=O) groups is 2. The summed E-state index contributed by atoms with van der Waals surface area (Å²) < 4.78 is 1.12. The molecule has 3 atom stereocenters. The SMILES string of the molecule is CC1(C)[C@]2(C)CC[C@@]1(C(=O)Nc1ccc(I)cc1)[C@H](Br)C2=O. The number of alkyl halides is 1. The minimum atomic E-state index is -0.679. The van der Waals surface area contributed by atoms with Crippen LogP contribution in [0.5, 0.6) is 0 Å². The number of nitrogens with one attached hydrogen (secondary N) is 1. The number of amides is 1. The summed E-state index contributed by atoms with van der Waals surface area (Å²) in [6.45, 7) is 6.13. The summed E-state index contributed by atoms with van der Waals surface area (Å²) in [6.07, 6.45) is 1.52. The maximum absolute atomic E-state index is 13.1. The van der Waals surface area contributed by atoms with E-state index in [1.165, 1.54) is 0 Å². The molecule has 1 aromatic rings. The van der Waals surface area contributed by atoms with E-state index in [4.69, 9.17) is 0 Å². The second-order valence-corrected chi connectivity index (χ2v) is 9.28. The Labute approximate surface area is 152 Å². The average molecular weight is 476 g/mol. The first-order valence-corrected chi connectivity index (χ1v) is 9.42. The second-order valence-electron chi connectivity index (χ2n) is 7.12. The Balaban J connectivity index is 1.97. The van der Waals surface area contributed by atoms with Gasteiger partial charge in [0.05, 0.1) is 10.2 Å². The highest BCUT2D eigenvalue weighted by atomic mass is 127. The molecule has 2 bridgehead atoms. The number of carbonyl (C=O) groups excluding carboxylic acids is 2. The van der Waals surface area contributed by atoms with Crippen LogP contribution in [-0.2, 0) is 9.59 Å². The van der Waals surface area contributed by atoms with Crippen molar-refractivity contribution in [3.8, 4) is 0 Å². The Kier molecular flexibility index (Phi) is 3.76.